The third-order valence-electron chi connectivity index (χ3n) is 4.35. The van der Waals surface area contributed by atoms with Gasteiger partial charge in [0.1, 0.15) is 12.2 Å². The van der Waals surface area contributed by atoms with Crippen molar-refractivity contribution in [3.05, 3.63) is 12.2 Å². The van der Waals surface area contributed by atoms with E-state index in [2.05, 4.69) is 31.9 Å². The summed E-state index contributed by atoms with van der Waals surface area (Å²) in [5, 5.41) is 11.9. The highest BCUT2D eigenvalue weighted by molar-refractivity contribution is 4.91. The van der Waals surface area contributed by atoms with Crippen molar-refractivity contribution < 1.29 is 0 Å². The highest BCUT2D eigenvalue weighted by Crippen LogP contribution is 2.18. The standard InChI is InChI=1S/C13H23N5/c1-11(8-14-12-4-2-3-5-12)17-6-7-18-10-15-16-13(18)9-17/h10-12,14H,2-9H2,1H3. The van der Waals surface area contributed by atoms with Gasteiger partial charge < -0.3 is 9.88 Å². The van der Waals surface area contributed by atoms with Gasteiger partial charge >= 0.3 is 0 Å². The number of fused-ring (bicyclic) bond motifs is 1. The van der Waals surface area contributed by atoms with Crippen LogP contribution in [0.25, 0.3) is 0 Å². The summed E-state index contributed by atoms with van der Waals surface area (Å²) in [7, 11) is 0. The topological polar surface area (TPSA) is 46.0 Å². The van der Waals surface area contributed by atoms with Crippen LogP contribution >= 0.6 is 0 Å². The molecule has 1 atom stereocenters. The van der Waals surface area contributed by atoms with Crippen molar-refractivity contribution in [3.63, 3.8) is 0 Å². The van der Waals surface area contributed by atoms with Crippen molar-refractivity contribution in [1.82, 2.24) is 25.0 Å². The maximum atomic E-state index is 4.18. The number of hydrogen-bond donors (Lipinski definition) is 1. The zero-order valence-corrected chi connectivity index (χ0v) is 11.2. The Kier molecular flexibility index (Phi) is 3.61. The highest BCUT2D eigenvalue weighted by atomic mass is 15.3. The fraction of sp³-hybridized carbons (Fsp3) is 0.846. The van der Waals surface area contributed by atoms with Crippen LogP contribution in [0.4, 0.5) is 0 Å². The predicted molar refractivity (Wildman–Crippen MR) is 70.2 cm³/mol. The lowest BCUT2D eigenvalue weighted by atomic mass is 10.2. The molecule has 1 unspecified atom stereocenters. The number of rotatable bonds is 4. The molecule has 2 aliphatic rings. The Balaban J connectivity index is 1.49. The molecule has 5 heteroatoms. The van der Waals surface area contributed by atoms with Crippen LogP contribution in [0.3, 0.4) is 0 Å². The van der Waals surface area contributed by atoms with Crippen molar-refractivity contribution in [2.24, 2.45) is 0 Å². The van der Waals surface area contributed by atoms with Crippen molar-refractivity contribution >= 4 is 0 Å². The van der Waals surface area contributed by atoms with Gasteiger partial charge in [0.15, 0.2) is 0 Å². The molecule has 0 spiro atoms. The molecule has 1 saturated carbocycles. The summed E-state index contributed by atoms with van der Waals surface area (Å²) in [6.07, 6.45) is 7.37. The molecule has 3 rings (SSSR count). The van der Waals surface area contributed by atoms with Gasteiger partial charge in [-0.3, -0.25) is 4.90 Å². The summed E-state index contributed by atoms with van der Waals surface area (Å²) in [6.45, 7) is 6.48. The zero-order chi connectivity index (χ0) is 12.4. The van der Waals surface area contributed by atoms with Gasteiger partial charge in [-0.15, -0.1) is 10.2 Å². The summed E-state index contributed by atoms with van der Waals surface area (Å²) in [4.78, 5) is 2.51. The maximum Gasteiger partial charge on any atom is 0.147 e. The van der Waals surface area contributed by atoms with Crippen LogP contribution in [0, 0.1) is 0 Å². The van der Waals surface area contributed by atoms with E-state index >= 15 is 0 Å². The van der Waals surface area contributed by atoms with E-state index in [0.717, 1.165) is 38.0 Å². The second-order valence-electron chi connectivity index (χ2n) is 5.65. The van der Waals surface area contributed by atoms with E-state index < -0.39 is 0 Å². The SMILES string of the molecule is CC(CNC1CCCC1)N1CCn2cnnc2C1. The van der Waals surface area contributed by atoms with Crippen molar-refractivity contribution in [2.75, 3.05) is 13.1 Å². The molecule has 1 aliphatic carbocycles. The normalized spacial score (nSPS) is 23.2. The van der Waals surface area contributed by atoms with Crippen molar-refractivity contribution in [3.8, 4) is 0 Å². The van der Waals surface area contributed by atoms with E-state index in [-0.39, 0.29) is 0 Å². The Morgan fingerprint density at radius 1 is 1.39 bits per heavy atom. The van der Waals surface area contributed by atoms with Gasteiger partial charge in [0.2, 0.25) is 0 Å². The van der Waals surface area contributed by atoms with Gasteiger partial charge in [0.05, 0.1) is 6.54 Å². The van der Waals surface area contributed by atoms with Crippen molar-refractivity contribution in [1.29, 1.82) is 0 Å². The summed E-state index contributed by atoms with van der Waals surface area (Å²) in [6, 6.07) is 1.34. The van der Waals surface area contributed by atoms with Crippen LogP contribution in [0.5, 0.6) is 0 Å². The Morgan fingerprint density at radius 3 is 3.06 bits per heavy atom. The number of nitrogens with zero attached hydrogens (tertiary/aromatic N) is 4. The first-order valence-electron chi connectivity index (χ1n) is 7.17. The smallest absolute Gasteiger partial charge is 0.147 e. The fourth-order valence-electron chi connectivity index (χ4n) is 3.06. The van der Waals surface area contributed by atoms with Crippen LogP contribution in [0.2, 0.25) is 0 Å². The lowest BCUT2D eigenvalue weighted by Gasteiger charge is -2.33. The number of hydrogen-bond acceptors (Lipinski definition) is 4. The minimum absolute atomic E-state index is 0.580. The number of aromatic nitrogens is 3. The minimum Gasteiger partial charge on any atom is -0.315 e. The summed E-state index contributed by atoms with van der Waals surface area (Å²) >= 11 is 0. The Morgan fingerprint density at radius 2 is 2.22 bits per heavy atom. The first-order valence-corrected chi connectivity index (χ1v) is 7.17. The number of nitrogens with one attached hydrogen (secondary N) is 1. The van der Waals surface area contributed by atoms with E-state index in [4.69, 9.17) is 0 Å². The molecule has 2 heterocycles. The second kappa shape index (κ2) is 5.36. The quantitative estimate of drug-likeness (QED) is 0.865. The fourth-order valence-corrected chi connectivity index (χ4v) is 3.06. The summed E-state index contributed by atoms with van der Waals surface area (Å²) < 4.78 is 2.16. The molecule has 0 bridgehead atoms. The maximum absolute atomic E-state index is 4.18. The Hall–Kier alpha value is -0.940. The van der Waals surface area contributed by atoms with Crippen LogP contribution in [0.1, 0.15) is 38.4 Å². The van der Waals surface area contributed by atoms with Gasteiger partial charge in [-0.05, 0) is 19.8 Å². The van der Waals surface area contributed by atoms with Crippen LogP contribution in [0.15, 0.2) is 6.33 Å². The van der Waals surface area contributed by atoms with Crippen LogP contribution in [-0.4, -0.2) is 44.8 Å². The third-order valence-corrected chi connectivity index (χ3v) is 4.35. The average Bonchev–Trinajstić information content (AvgIpc) is 3.05. The van der Waals surface area contributed by atoms with Crippen LogP contribution in [-0.2, 0) is 13.1 Å². The van der Waals surface area contributed by atoms with E-state index in [0.29, 0.717) is 6.04 Å². The van der Waals surface area contributed by atoms with E-state index in [1.54, 1.807) is 0 Å². The molecular weight excluding hydrogens is 226 g/mol. The second-order valence-corrected chi connectivity index (χ2v) is 5.65. The largest absolute Gasteiger partial charge is 0.315 e. The molecule has 0 saturated heterocycles. The molecule has 1 aliphatic heterocycles. The molecule has 18 heavy (non-hydrogen) atoms. The van der Waals surface area contributed by atoms with Gasteiger partial charge in [0.25, 0.3) is 0 Å². The third kappa shape index (κ3) is 2.57. The van der Waals surface area contributed by atoms with Gasteiger partial charge in [0, 0.05) is 31.7 Å². The first-order chi connectivity index (χ1) is 8.83. The minimum atomic E-state index is 0.580. The van der Waals surface area contributed by atoms with E-state index in [1.807, 2.05) is 6.33 Å². The lowest BCUT2D eigenvalue weighted by Crippen LogP contribution is -2.46. The van der Waals surface area contributed by atoms with E-state index in [1.165, 1.54) is 25.7 Å². The molecule has 5 nitrogen and oxygen atoms in total. The van der Waals surface area contributed by atoms with Gasteiger partial charge in [-0.2, -0.15) is 0 Å². The Labute approximate surface area is 109 Å². The van der Waals surface area contributed by atoms with Gasteiger partial charge in [-0.25, -0.2) is 0 Å². The molecule has 1 aromatic rings. The molecule has 0 radical (unpaired) electrons. The molecular formula is C13H23N5. The zero-order valence-electron chi connectivity index (χ0n) is 11.2. The van der Waals surface area contributed by atoms with Crippen molar-refractivity contribution in [2.45, 2.75) is 57.8 Å². The average molecular weight is 249 g/mol. The first kappa shape index (κ1) is 12.1. The van der Waals surface area contributed by atoms with Crippen LogP contribution < -0.4 is 5.32 Å². The van der Waals surface area contributed by atoms with Gasteiger partial charge in [-0.1, -0.05) is 12.8 Å². The monoisotopic (exact) mass is 249 g/mol. The molecule has 1 aromatic heterocycles. The van der Waals surface area contributed by atoms with E-state index in [9.17, 15) is 0 Å². The molecule has 0 aromatic carbocycles. The predicted octanol–water partition coefficient (Wildman–Crippen LogP) is 1.01. The summed E-state index contributed by atoms with van der Waals surface area (Å²) in [5.74, 6) is 1.11. The highest BCUT2D eigenvalue weighted by Gasteiger charge is 2.22. The molecule has 0 amide bonds. The Bertz CT molecular complexity index is 382. The molecule has 1 fully saturated rings. The lowest BCUT2D eigenvalue weighted by molar-refractivity contribution is 0.157. The molecule has 1 N–H and O–H groups in total. The molecule has 100 valence electrons. The summed E-state index contributed by atoms with van der Waals surface area (Å²) in [5.41, 5.74) is 0.